The molecule has 32 heavy (non-hydrogen) atoms. The smallest absolute Gasteiger partial charge is 0.333 e. The molecule has 3 atom stereocenters. The van der Waals surface area contributed by atoms with Crippen molar-refractivity contribution in [2.45, 2.75) is 44.0 Å². The molecule has 5 heteroatoms. The molecule has 1 aliphatic rings. The lowest BCUT2D eigenvalue weighted by atomic mass is 10.1. The third-order valence-electron chi connectivity index (χ3n) is 5.81. The van der Waals surface area contributed by atoms with Gasteiger partial charge in [0.25, 0.3) is 0 Å². The molecule has 4 rings (SSSR count). The molecule has 0 bridgehead atoms. The van der Waals surface area contributed by atoms with Gasteiger partial charge in [0, 0.05) is 20.0 Å². The number of ether oxygens (including phenoxy) is 3. The molecule has 166 valence electrons. The topological polar surface area (TPSA) is 65.0 Å². The lowest BCUT2D eigenvalue weighted by Crippen LogP contribution is -2.24. The van der Waals surface area contributed by atoms with Gasteiger partial charge in [-0.15, -0.1) is 0 Å². The number of benzene rings is 3. The number of methoxy groups -OCH3 is 1. The summed E-state index contributed by atoms with van der Waals surface area (Å²) in [4.78, 5) is 11.1. The van der Waals surface area contributed by atoms with E-state index in [9.17, 15) is 4.79 Å². The molecule has 3 aromatic rings. The highest BCUT2D eigenvalue weighted by molar-refractivity contribution is 5.72. The predicted molar refractivity (Wildman–Crippen MR) is 123 cm³/mol. The standard InChI is InChI=1S/C27H28O5/c1-30-26(27(28)29)17-19-7-11-22(12-8-19)31-24-15-16-25(18-24)32-23-13-9-21(10-14-23)20-5-3-2-4-6-20/h2-14,24-26H,15-18H2,1H3,(H,28,29)/t24?,25-,26-/m0/s1. The van der Waals surface area contributed by atoms with Gasteiger partial charge < -0.3 is 19.3 Å². The molecule has 0 saturated heterocycles. The van der Waals surface area contributed by atoms with Gasteiger partial charge in [0.1, 0.15) is 23.7 Å². The molecule has 0 heterocycles. The monoisotopic (exact) mass is 432 g/mol. The van der Waals surface area contributed by atoms with Crippen molar-refractivity contribution in [3.63, 3.8) is 0 Å². The molecule has 0 spiro atoms. The molecule has 5 nitrogen and oxygen atoms in total. The Kier molecular flexibility index (Phi) is 7.07. The van der Waals surface area contributed by atoms with Crippen LogP contribution >= 0.6 is 0 Å². The predicted octanol–water partition coefficient (Wildman–Crippen LogP) is 5.37. The average molecular weight is 433 g/mol. The van der Waals surface area contributed by atoms with Gasteiger partial charge in [-0.3, -0.25) is 0 Å². The first-order valence-corrected chi connectivity index (χ1v) is 10.9. The number of carbonyl (C=O) groups is 1. The van der Waals surface area contributed by atoms with Crippen LogP contribution in [0.3, 0.4) is 0 Å². The molecule has 0 radical (unpaired) electrons. The average Bonchev–Trinajstić information content (AvgIpc) is 3.26. The summed E-state index contributed by atoms with van der Waals surface area (Å²) in [6.45, 7) is 0. The zero-order valence-electron chi connectivity index (χ0n) is 18.1. The fraction of sp³-hybridized carbons (Fsp3) is 0.296. The SMILES string of the molecule is CO[C@@H](Cc1ccc(OC2CC[C@H](Oc3ccc(-c4ccccc4)cc3)C2)cc1)C(=O)O. The lowest BCUT2D eigenvalue weighted by molar-refractivity contribution is -0.148. The Morgan fingerprint density at radius 3 is 1.91 bits per heavy atom. The fourth-order valence-electron chi connectivity index (χ4n) is 4.05. The van der Waals surface area contributed by atoms with Crippen LogP contribution < -0.4 is 9.47 Å². The van der Waals surface area contributed by atoms with Gasteiger partial charge in [0.2, 0.25) is 0 Å². The van der Waals surface area contributed by atoms with Crippen LogP contribution in [0.1, 0.15) is 24.8 Å². The van der Waals surface area contributed by atoms with Crippen LogP contribution in [0.25, 0.3) is 11.1 Å². The Balaban J connectivity index is 1.27. The maximum atomic E-state index is 11.1. The molecule has 1 fully saturated rings. The number of hydrogen-bond donors (Lipinski definition) is 1. The van der Waals surface area contributed by atoms with Crippen LogP contribution in [-0.4, -0.2) is 36.5 Å². The van der Waals surface area contributed by atoms with Gasteiger partial charge in [0.15, 0.2) is 6.10 Å². The number of aliphatic carboxylic acids is 1. The largest absolute Gasteiger partial charge is 0.490 e. The molecule has 1 aliphatic carbocycles. The van der Waals surface area contributed by atoms with Crippen LogP contribution in [0.15, 0.2) is 78.9 Å². The van der Waals surface area contributed by atoms with Gasteiger partial charge >= 0.3 is 5.97 Å². The van der Waals surface area contributed by atoms with Crippen molar-refractivity contribution in [1.82, 2.24) is 0 Å². The van der Waals surface area contributed by atoms with E-state index in [2.05, 4.69) is 24.3 Å². The Morgan fingerprint density at radius 2 is 1.38 bits per heavy atom. The van der Waals surface area contributed by atoms with Crippen molar-refractivity contribution in [3.8, 4) is 22.6 Å². The first kappa shape index (κ1) is 21.9. The molecule has 1 unspecified atom stereocenters. The van der Waals surface area contributed by atoms with E-state index in [4.69, 9.17) is 19.3 Å². The summed E-state index contributed by atoms with van der Waals surface area (Å²) in [5.41, 5.74) is 3.27. The maximum absolute atomic E-state index is 11.1. The second-order valence-electron chi connectivity index (χ2n) is 8.09. The number of carboxylic acids is 1. The summed E-state index contributed by atoms with van der Waals surface area (Å²) in [5, 5.41) is 9.11. The van der Waals surface area contributed by atoms with E-state index in [1.54, 1.807) is 0 Å². The lowest BCUT2D eigenvalue weighted by Gasteiger charge is -2.16. The van der Waals surface area contributed by atoms with Crippen molar-refractivity contribution in [2.24, 2.45) is 0 Å². The number of hydrogen-bond acceptors (Lipinski definition) is 4. The Morgan fingerprint density at radius 1 is 0.844 bits per heavy atom. The molecule has 1 saturated carbocycles. The zero-order chi connectivity index (χ0) is 22.3. The van der Waals surface area contributed by atoms with Gasteiger partial charge in [-0.1, -0.05) is 54.6 Å². The number of rotatable bonds is 9. The van der Waals surface area contributed by atoms with Crippen molar-refractivity contribution < 1.29 is 24.1 Å². The van der Waals surface area contributed by atoms with E-state index in [-0.39, 0.29) is 12.2 Å². The quantitative estimate of drug-likeness (QED) is 0.492. The van der Waals surface area contributed by atoms with E-state index in [1.165, 1.54) is 18.2 Å². The summed E-state index contributed by atoms with van der Waals surface area (Å²) >= 11 is 0. The van der Waals surface area contributed by atoms with Crippen LogP contribution in [0.2, 0.25) is 0 Å². The third kappa shape index (κ3) is 5.68. The minimum Gasteiger partial charge on any atom is -0.490 e. The number of carboxylic acid groups (broad SMARTS) is 1. The Bertz CT molecular complexity index is 998. The van der Waals surface area contributed by atoms with Gasteiger partial charge in [0.05, 0.1) is 0 Å². The van der Waals surface area contributed by atoms with Crippen LogP contribution in [-0.2, 0) is 16.0 Å². The summed E-state index contributed by atoms with van der Waals surface area (Å²) in [7, 11) is 1.41. The summed E-state index contributed by atoms with van der Waals surface area (Å²) in [6.07, 6.45) is 2.48. The summed E-state index contributed by atoms with van der Waals surface area (Å²) < 4.78 is 17.3. The van der Waals surface area contributed by atoms with Gasteiger partial charge in [-0.2, -0.15) is 0 Å². The Labute approximate surface area is 188 Å². The van der Waals surface area contributed by atoms with E-state index >= 15 is 0 Å². The summed E-state index contributed by atoms with van der Waals surface area (Å²) in [6, 6.07) is 26.1. The van der Waals surface area contributed by atoms with Crippen molar-refractivity contribution >= 4 is 5.97 Å². The van der Waals surface area contributed by atoms with E-state index in [0.717, 1.165) is 36.3 Å². The van der Waals surface area contributed by atoms with Gasteiger partial charge in [-0.05, 0) is 53.8 Å². The van der Waals surface area contributed by atoms with Crippen LogP contribution in [0.4, 0.5) is 0 Å². The molecule has 0 amide bonds. The van der Waals surface area contributed by atoms with Crippen molar-refractivity contribution in [3.05, 3.63) is 84.4 Å². The van der Waals surface area contributed by atoms with Crippen LogP contribution in [0.5, 0.6) is 11.5 Å². The minimum atomic E-state index is -0.959. The minimum absolute atomic E-state index is 0.111. The van der Waals surface area contributed by atoms with E-state index < -0.39 is 12.1 Å². The third-order valence-corrected chi connectivity index (χ3v) is 5.81. The molecule has 3 aromatic carbocycles. The van der Waals surface area contributed by atoms with E-state index in [1.807, 2.05) is 54.6 Å². The van der Waals surface area contributed by atoms with Crippen molar-refractivity contribution in [2.75, 3.05) is 7.11 Å². The van der Waals surface area contributed by atoms with E-state index in [0.29, 0.717) is 6.42 Å². The summed E-state index contributed by atoms with van der Waals surface area (Å²) in [5.74, 6) is 0.709. The van der Waals surface area contributed by atoms with Crippen LogP contribution in [0, 0.1) is 0 Å². The molecule has 0 aliphatic heterocycles. The highest BCUT2D eigenvalue weighted by Crippen LogP contribution is 2.29. The normalized spacial score (nSPS) is 18.8. The molecule has 0 aromatic heterocycles. The first-order valence-electron chi connectivity index (χ1n) is 10.9. The molecular formula is C27H28O5. The molecule has 1 N–H and O–H groups in total. The second kappa shape index (κ2) is 10.3. The zero-order valence-corrected chi connectivity index (χ0v) is 18.1. The Hall–Kier alpha value is -3.31. The molecular weight excluding hydrogens is 404 g/mol. The highest BCUT2D eigenvalue weighted by Gasteiger charge is 2.27. The highest BCUT2D eigenvalue weighted by atomic mass is 16.5. The van der Waals surface area contributed by atoms with Gasteiger partial charge in [-0.25, -0.2) is 4.79 Å². The first-order chi connectivity index (χ1) is 15.6. The maximum Gasteiger partial charge on any atom is 0.333 e. The van der Waals surface area contributed by atoms with Crippen molar-refractivity contribution in [1.29, 1.82) is 0 Å². The fourth-order valence-corrected chi connectivity index (χ4v) is 4.05. The second-order valence-corrected chi connectivity index (χ2v) is 8.09.